The van der Waals surface area contributed by atoms with Gasteiger partial charge >= 0.3 is 0 Å². The normalized spacial score (nSPS) is 13.3. The van der Waals surface area contributed by atoms with Crippen LogP contribution < -0.4 is 10.6 Å². The van der Waals surface area contributed by atoms with Crippen LogP contribution in [-0.2, 0) is 17.0 Å². The van der Waals surface area contributed by atoms with Crippen LogP contribution in [0.4, 0.5) is 11.4 Å². The van der Waals surface area contributed by atoms with Gasteiger partial charge in [0, 0.05) is 29.2 Å². The lowest BCUT2D eigenvalue weighted by Gasteiger charge is -2.30. The van der Waals surface area contributed by atoms with Gasteiger partial charge in [-0.3, -0.25) is 4.79 Å². The Morgan fingerprint density at radius 2 is 2.21 bits per heavy atom. The zero-order valence-corrected chi connectivity index (χ0v) is 15.5. The number of nitrogens with two attached hydrogens (primary N) is 1. The molecule has 0 spiro atoms. The first kappa shape index (κ1) is 18.7. The highest BCUT2D eigenvalue weighted by atomic mass is 35.5. The van der Waals surface area contributed by atoms with Gasteiger partial charge in [-0.25, -0.2) is 0 Å². The van der Waals surface area contributed by atoms with Gasteiger partial charge in [-0.2, -0.15) is 0 Å². The molecule has 24 heavy (non-hydrogen) atoms. The van der Waals surface area contributed by atoms with E-state index in [0.29, 0.717) is 5.75 Å². The van der Waals surface area contributed by atoms with E-state index in [0.717, 1.165) is 59.1 Å². The summed E-state index contributed by atoms with van der Waals surface area (Å²) < 4.78 is 5.16. The monoisotopic (exact) mass is 367 g/mol. The van der Waals surface area contributed by atoms with Crippen LogP contribution in [0.25, 0.3) is 0 Å². The third kappa shape index (κ3) is 3.70. The number of aryl methyl sites for hydroxylation is 2. The molecule has 2 aromatic rings. The van der Waals surface area contributed by atoms with Crippen molar-refractivity contribution >= 4 is 41.5 Å². The molecule has 3 rings (SSSR count). The summed E-state index contributed by atoms with van der Waals surface area (Å²) in [5.74, 6) is 2.15. The Kier molecular flexibility index (Phi) is 6.18. The van der Waals surface area contributed by atoms with E-state index >= 15 is 0 Å². The van der Waals surface area contributed by atoms with Crippen molar-refractivity contribution in [1.29, 1.82) is 0 Å². The van der Waals surface area contributed by atoms with Gasteiger partial charge < -0.3 is 15.2 Å². The summed E-state index contributed by atoms with van der Waals surface area (Å²) in [6, 6.07) is 5.80. The molecule has 1 aromatic carbocycles. The van der Waals surface area contributed by atoms with Crippen molar-refractivity contribution in [3.05, 3.63) is 40.8 Å². The summed E-state index contributed by atoms with van der Waals surface area (Å²) in [6.07, 6.45) is 1.90. The number of carbonyl (C=O) groups is 1. The zero-order chi connectivity index (χ0) is 16.4. The molecule has 2 N–H and O–H groups in total. The van der Waals surface area contributed by atoms with Gasteiger partial charge in [-0.05, 0) is 44.4 Å². The summed E-state index contributed by atoms with van der Waals surface area (Å²) in [4.78, 5) is 14.5. The summed E-state index contributed by atoms with van der Waals surface area (Å²) in [5, 5.41) is 3.95. The minimum Gasteiger partial charge on any atom is -0.398 e. The maximum absolute atomic E-state index is 12.6. The standard InChI is InChI=1S/C17H21N3O2S.ClH/c1-11-14(12(2)22-19-11)9-23-10-17(21)20-8-4-5-13-15(18)6-3-7-16(13)20;/h3,6-7H,4-5,8-10,18H2,1-2H3;1H. The van der Waals surface area contributed by atoms with E-state index in [2.05, 4.69) is 5.16 Å². The largest absolute Gasteiger partial charge is 0.398 e. The summed E-state index contributed by atoms with van der Waals surface area (Å²) in [6.45, 7) is 4.60. The van der Waals surface area contributed by atoms with Gasteiger partial charge in [-0.15, -0.1) is 24.2 Å². The molecular weight excluding hydrogens is 346 g/mol. The lowest BCUT2D eigenvalue weighted by molar-refractivity contribution is -0.116. The smallest absolute Gasteiger partial charge is 0.236 e. The molecule has 1 aliphatic heterocycles. The SMILES string of the molecule is Cc1noc(C)c1CSCC(=O)N1CCCc2c(N)cccc21.Cl. The number of hydrogen-bond donors (Lipinski definition) is 1. The van der Waals surface area contributed by atoms with Crippen molar-refractivity contribution in [2.75, 3.05) is 22.9 Å². The van der Waals surface area contributed by atoms with E-state index < -0.39 is 0 Å². The van der Waals surface area contributed by atoms with Crippen molar-refractivity contribution in [1.82, 2.24) is 5.16 Å². The van der Waals surface area contributed by atoms with Crippen molar-refractivity contribution in [3.63, 3.8) is 0 Å². The first-order valence-corrected chi connectivity index (χ1v) is 8.90. The highest BCUT2D eigenvalue weighted by Gasteiger charge is 2.23. The third-order valence-corrected chi connectivity index (χ3v) is 5.18. The van der Waals surface area contributed by atoms with Crippen LogP contribution in [0.1, 0.15) is 29.0 Å². The number of fused-ring (bicyclic) bond motifs is 1. The second kappa shape index (κ2) is 7.94. The first-order valence-electron chi connectivity index (χ1n) is 7.75. The number of halogens is 1. The average molecular weight is 368 g/mol. The quantitative estimate of drug-likeness (QED) is 0.837. The molecule has 1 amide bonds. The van der Waals surface area contributed by atoms with E-state index in [1.807, 2.05) is 36.9 Å². The summed E-state index contributed by atoms with van der Waals surface area (Å²) >= 11 is 1.60. The molecule has 0 aliphatic carbocycles. The maximum Gasteiger partial charge on any atom is 0.236 e. The number of carbonyl (C=O) groups excluding carboxylic acids is 1. The number of nitrogens with zero attached hydrogens (tertiary/aromatic N) is 2. The van der Waals surface area contributed by atoms with Crippen molar-refractivity contribution in [2.45, 2.75) is 32.4 Å². The average Bonchev–Trinajstić information content (AvgIpc) is 2.86. The number of benzene rings is 1. The number of hydrogen-bond acceptors (Lipinski definition) is 5. The minimum absolute atomic E-state index is 0. The van der Waals surface area contributed by atoms with E-state index in [9.17, 15) is 4.79 Å². The van der Waals surface area contributed by atoms with Crippen LogP contribution in [0.15, 0.2) is 22.7 Å². The first-order chi connectivity index (χ1) is 11.1. The fraction of sp³-hybridized carbons (Fsp3) is 0.412. The van der Waals surface area contributed by atoms with Crippen LogP contribution in [0.5, 0.6) is 0 Å². The number of amides is 1. The van der Waals surface area contributed by atoms with Crippen LogP contribution in [0.2, 0.25) is 0 Å². The molecule has 1 aromatic heterocycles. The van der Waals surface area contributed by atoms with Gasteiger partial charge in [0.15, 0.2) is 0 Å². The molecule has 0 bridgehead atoms. The Bertz CT molecular complexity index is 713. The predicted octanol–water partition coefficient (Wildman–Crippen LogP) is 3.51. The summed E-state index contributed by atoms with van der Waals surface area (Å²) in [5.41, 5.74) is 10.9. The fourth-order valence-electron chi connectivity index (χ4n) is 2.94. The van der Waals surface area contributed by atoms with Crippen LogP contribution >= 0.6 is 24.2 Å². The Labute approximate surface area is 152 Å². The molecule has 5 nitrogen and oxygen atoms in total. The Morgan fingerprint density at radius 1 is 1.42 bits per heavy atom. The fourth-order valence-corrected chi connectivity index (χ4v) is 3.99. The van der Waals surface area contributed by atoms with Gasteiger partial charge in [-0.1, -0.05) is 11.2 Å². The molecule has 2 heterocycles. The number of nitrogen functional groups attached to an aromatic ring is 1. The molecule has 7 heteroatoms. The molecule has 0 saturated carbocycles. The van der Waals surface area contributed by atoms with Crippen molar-refractivity contribution < 1.29 is 9.32 Å². The van der Waals surface area contributed by atoms with E-state index in [1.54, 1.807) is 11.8 Å². The molecule has 0 unspecified atom stereocenters. The Balaban J connectivity index is 0.00000208. The zero-order valence-electron chi connectivity index (χ0n) is 13.9. The van der Waals surface area contributed by atoms with E-state index in [-0.39, 0.29) is 18.3 Å². The molecule has 0 radical (unpaired) electrons. The molecule has 0 saturated heterocycles. The molecule has 130 valence electrons. The second-order valence-corrected chi connectivity index (χ2v) is 6.77. The number of aromatic nitrogens is 1. The summed E-state index contributed by atoms with van der Waals surface area (Å²) in [7, 11) is 0. The van der Waals surface area contributed by atoms with E-state index in [4.69, 9.17) is 10.3 Å². The van der Waals surface area contributed by atoms with Crippen molar-refractivity contribution in [2.24, 2.45) is 0 Å². The van der Waals surface area contributed by atoms with Gasteiger partial charge in [0.25, 0.3) is 0 Å². The lowest BCUT2D eigenvalue weighted by atomic mass is 10.00. The van der Waals surface area contributed by atoms with Gasteiger partial charge in [0.05, 0.1) is 11.4 Å². The minimum atomic E-state index is 0. The predicted molar refractivity (Wildman–Crippen MR) is 101 cm³/mol. The van der Waals surface area contributed by atoms with Gasteiger partial charge in [0.2, 0.25) is 5.91 Å². The van der Waals surface area contributed by atoms with Crippen LogP contribution in [-0.4, -0.2) is 23.4 Å². The Hall–Kier alpha value is -1.66. The highest BCUT2D eigenvalue weighted by Crippen LogP contribution is 2.32. The topological polar surface area (TPSA) is 72.4 Å². The maximum atomic E-state index is 12.6. The number of anilines is 2. The van der Waals surface area contributed by atoms with Gasteiger partial charge in [0.1, 0.15) is 5.76 Å². The lowest BCUT2D eigenvalue weighted by Crippen LogP contribution is -2.37. The highest BCUT2D eigenvalue weighted by molar-refractivity contribution is 7.99. The molecule has 0 atom stereocenters. The third-order valence-electron chi connectivity index (χ3n) is 4.24. The van der Waals surface area contributed by atoms with Crippen molar-refractivity contribution in [3.8, 4) is 0 Å². The molecule has 1 aliphatic rings. The molecular formula is C17H22ClN3O2S. The van der Waals surface area contributed by atoms with Crippen LogP contribution in [0, 0.1) is 13.8 Å². The van der Waals surface area contributed by atoms with E-state index in [1.165, 1.54) is 0 Å². The number of rotatable bonds is 4. The Morgan fingerprint density at radius 3 is 2.92 bits per heavy atom. The van der Waals surface area contributed by atoms with Crippen LogP contribution in [0.3, 0.4) is 0 Å². The second-order valence-electron chi connectivity index (χ2n) is 5.79. The number of thioether (sulfide) groups is 1. The molecule has 0 fully saturated rings.